The molecule has 0 spiro atoms. The summed E-state index contributed by atoms with van der Waals surface area (Å²) < 4.78 is 8.71. The van der Waals surface area contributed by atoms with Gasteiger partial charge in [0.15, 0.2) is 11.3 Å². The second-order valence-electron chi connectivity index (χ2n) is 7.68. The second kappa shape index (κ2) is 7.85. The number of nitrogens with zero attached hydrogens (tertiary/aromatic N) is 7. The fourth-order valence-electron chi connectivity index (χ4n) is 3.49. The van der Waals surface area contributed by atoms with Crippen LogP contribution in [0, 0.1) is 5.92 Å². The minimum Gasteiger partial charge on any atom is -0.481 e. The van der Waals surface area contributed by atoms with Gasteiger partial charge >= 0.3 is 0 Å². The maximum atomic E-state index is 12.3. The lowest BCUT2D eigenvalue weighted by Gasteiger charge is -2.08. The highest BCUT2D eigenvalue weighted by molar-refractivity contribution is 7.99. The van der Waals surface area contributed by atoms with Crippen LogP contribution in [-0.2, 0) is 4.79 Å². The first kappa shape index (κ1) is 19.7. The van der Waals surface area contributed by atoms with Crippen molar-refractivity contribution in [3.63, 3.8) is 0 Å². The summed E-state index contributed by atoms with van der Waals surface area (Å²) in [6, 6.07) is 9.48. The Labute approximate surface area is 192 Å². The van der Waals surface area contributed by atoms with Gasteiger partial charge in [-0.1, -0.05) is 0 Å². The highest BCUT2D eigenvalue weighted by Gasteiger charge is 2.30. The number of carbonyl (C=O) groups excluding carboxylic acids is 1. The second-order valence-corrected chi connectivity index (χ2v) is 8.66. The Morgan fingerprint density at radius 3 is 2.82 bits per heavy atom. The van der Waals surface area contributed by atoms with Gasteiger partial charge in [0, 0.05) is 54.0 Å². The van der Waals surface area contributed by atoms with E-state index in [1.165, 1.54) is 11.8 Å². The molecule has 1 N–H and O–H groups in total. The van der Waals surface area contributed by atoms with Crippen LogP contribution in [0.15, 0.2) is 65.3 Å². The quantitative estimate of drug-likeness (QED) is 0.412. The lowest BCUT2D eigenvalue weighted by atomic mass is 10.1. The van der Waals surface area contributed by atoms with E-state index in [9.17, 15) is 4.79 Å². The number of methoxy groups -OCH3 is 1. The Bertz CT molecular complexity index is 1490. The Hall–Kier alpha value is -3.99. The Morgan fingerprint density at radius 2 is 2.03 bits per heavy atom. The molecule has 1 saturated carbocycles. The van der Waals surface area contributed by atoms with E-state index in [1.807, 2.05) is 40.9 Å². The van der Waals surface area contributed by atoms with Crippen molar-refractivity contribution in [1.29, 1.82) is 0 Å². The van der Waals surface area contributed by atoms with Crippen LogP contribution < -0.4 is 10.1 Å². The molecule has 10 nitrogen and oxygen atoms in total. The van der Waals surface area contributed by atoms with E-state index in [0.29, 0.717) is 33.0 Å². The molecule has 5 aromatic heterocycles. The van der Waals surface area contributed by atoms with Gasteiger partial charge in [0.05, 0.1) is 12.8 Å². The average Bonchev–Trinajstić information content (AvgIpc) is 3.47. The number of carbonyl (C=O) groups is 1. The maximum Gasteiger partial charge on any atom is 0.227 e. The van der Waals surface area contributed by atoms with E-state index in [2.05, 4.69) is 30.6 Å². The van der Waals surface area contributed by atoms with E-state index in [4.69, 9.17) is 4.74 Å². The molecular formula is C22H18N8O2S. The fourth-order valence-corrected chi connectivity index (χ4v) is 4.31. The SMILES string of the molecule is COc1ccc(-c2ccc3nnc(Sc4cc(NC(=O)C5CC5)c5nccn5n4)n3c2)cn1. The first-order valence-corrected chi connectivity index (χ1v) is 11.2. The Morgan fingerprint density at radius 1 is 1.15 bits per heavy atom. The topological polar surface area (TPSA) is 112 Å². The molecule has 0 bridgehead atoms. The number of amides is 1. The molecule has 6 rings (SSSR count). The Kier molecular flexibility index (Phi) is 4.68. The summed E-state index contributed by atoms with van der Waals surface area (Å²) in [6.45, 7) is 0. The van der Waals surface area contributed by atoms with Crippen molar-refractivity contribution in [3.05, 3.63) is 55.1 Å². The third kappa shape index (κ3) is 3.76. The molecule has 1 aliphatic carbocycles. The zero-order valence-corrected chi connectivity index (χ0v) is 18.4. The summed E-state index contributed by atoms with van der Waals surface area (Å²) in [6.07, 6.45) is 9.00. The van der Waals surface area contributed by atoms with Crippen LogP contribution in [0.2, 0.25) is 0 Å². The lowest BCUT2D eigenvalue weighted by molar-refractivity contribution is -0.117. The number of fused-ring (bicyclic) bond motifs is 2. The van der Waals surface area contributed by atoms with Crippen LogP contribution >= 0.6 is 11.8 Å². The molecule has 0 unspecified atom stereocenters. The van der Waals surface area contributed by atoms with Gasteiger partial charge in [0.1, 0.15) is 5.03 Å². The molecule has 5 heterocycles. The molecule has 1 amide bonds. The molecule has 11 heteroatoms. The number of pyridine rings is 2. The van der Waals surface area contributed by atoms with E-state index < -0.39 is 0 Å². The van der Waals surface area contributed by atoms with Crippen LogP contribution in [0.1, 0.15) is 12.8 Å². The van der Waals surface area contributed by atoms with E-state index in [-0.39, 0.29) is 11.8 Å². The molecule has 0 aliphatic heterocycles. The third-order valence-electron chi connectivity index (χ3n) is 5.39. The van der Waals surface area contributed by atoms with Crippen LogP contribution in [0.5, 0.6) is 5.88 Å². The normalized spacial score (nSPS) is 13.5. The molecule has 0 atom stereocenters. The van der Waals surface area contributed by atoms with Crippen molar-refractivity contribution in [3.8, 4) is 17.0 Å². The molecule has 0 radical (unpaired) electrons. The molecule has 33 heavy (non-hydrogen) atoms. The van der Waals surface area contributed by atoms with Crippen LogP contribution in [-0.4, -0.2) is 47.2 Å². The van der Waals surface area contributed by atoms with Gasteiger partial charge in [-0.3, -0.25) is 9.20 Å². The summed E-state index contributed by atoms with van der Waals surface area (Å²) in [5, 5.41) is 17.5. The van der Waals surface area contributed by atoms with Crippen LogP contribution in [0.4, 0.5) is 5.69 Å². The predicted molar refractivity (Wildman–Crippen MR) is 121 cm³/mol. The van der Waals surface area contributed by atoms with Gasteiger partial charge in [-0.25, -0.2) is 14.5 Å². The van der Waals surface area contributed by atoms with Gasteiger partial charge in [-0.2, -0.15) is 5.10 Å². The van der Waals surface area contributed by atoms with Crippen LogP contribution in [0.3, 0.4) is 0 Å². The number of hydrogen-bond acceptors (Lipinski definition) is 8. The molecular weight excluding hydrogens is 440 g/mol. The lowest BCUT2D eigenvalue weighted by Crippen LogP contribution is -2.14. The first-order chi connectivity index (χ1) is 16.2. The number of aromatic nitrogens is 7. The number of imidazole rings is 1. The van der Waals surface area contributed by atoms with Gasteiger partial charge in [0.2, 0.25) is 16.9 Å². The predicted octanol–water partition coefficient (Wildman–Crippen LogP) is 3.34. The highest BCUT2D eigenvalue weighted by atomic mass is 32.2. The fraction of sp³-hybridized carbons (Fsp3) is 0.182. The minimum atomic E-state index is 0.0210. The highest BCUT2D eigenvalue weighted by Crippen LogP contribution is 2.33. The van der Waals surface area contributed by atoms with Gasteiger partial charge in [-0.15, -0.1) is 10.2 Å². The van der Waals surface area contributed by atoms with Gasteiger partial charge in [-0.05, 0) is 42.8 Å². The molecule has 1 aliphatic rings. The van der Waals surface area contributed by atoms with Crippen molar-refractivity contribution >= 4 is 34.7 Å². The standard InChI is InChI=1S/C22H18N8O2S/c1-32-18-7-5-14(11-24-18)15-4-6-17-26-27-22(29(17)12-15)33-19-10-16(25-21(31)13-2-3-13)20-23-8-9-30(20)28-19/h4-13H,2-3H2,1H3,(H,25,31). The number of nitrogens with one attached hydrogen (secondary N) is 1. The van der Waals surface area contributed by atoms with Crippen molar-refractivity contribution in [1.82, 2.24) is 34.2 Å². The summed E-state index contributed by atoms with van der Waals surface area (Å²) in [5.41, 5.74) is 3.87. The summed E-state index contributed by atoms with van der Waals surface area (Å²) >= 11 is 1.36. The zero-order chi connectivity index (χ0) is 22.4. The molecule has 164 valence electrons. The van der Waals surface area contributed by atoms with Gasteiger partial charge < -0.3 is 10.1 Å². The van der Waals surface area contributed by atoms with Crippen molar-refractivity contribution in [2.24, 2.45) is 5.92 Å². The van der Waals surface area contributed by atoms with Crippen LogP contribution in [0.25, 0.3) is 22.4 Å². The monoisotopic (exact) mass is 458 g/mol. The van der Waals surface area contributed by atoms with E-state index in [0.717, 1.165) is 24.0 Å². The largest absolute Gasteiger partial charge is 0.481 e. The van der Waals surface area contributed by atoms with Crippen molar-refractivity contribution in [2.45, 2.75) is 23.0 Å². The first-order valence-electron chi connectivity index (χ1n) is 10.4. The molecule has 5 aromatic rings. The molecule has 1 fully saturated rings. The average molecular weight is 459 g/mol. The van der Waals surface area contributed by atoms with E-state index >= 15 is 0 Å². The number of anilines is 1. The molecule has 0 saturated heterocycles. The smallest absolute Gasteiger partial charge is 0.227 e. The minimum absolute atomic E-state index is 0.0210. The van der Waals surface area contributed by atoms with Crippen molar-refractivity contribution < 1.29 is 9.53 Å². The summed E-state index contributed by atoms with van der Waals surface area (Å²) in [5.74, 6) is 0.675. The zero-order valence-electron chi connectivity index (χ0n) is 17.5. The number of ether oxygens (including phenoxy) is 1. The van der Waals surface area contributed by atoms with E-state index in [1.54, 1.807) is 30.2 Å². The molecule has 0 aromatic carbocycles. The Balaban J connectivity index is 1.34. The summed E-state index contributed by atoms with van der Waals surface area (Å²) in [7, 11) is 1.59. The maximum absolute atomic E-state index is 12.3. The van der Waals surface area contributed by atoms with Crippen molar-refractivity contribution in [2.75, 3.05) is 12.4 Å². The summed E-state index contributed by atoms with van der Waals surface area (Å²) in [4.78, 5) is 21.0. The van der Waals surface area contributed by atoms with Gasteiger partial charge in [0.25, 0.3) is 0 Å². The third-order valence-corrected chi connectivity index (χ3v) is 6.26. The number of rotatable bonds is 6. The number of hydrogen-bond donors (Lipinski definition) is 1.